The van der Waals surface area contributed by atoms with Crippen LogP contribution in [-0.2, 0) is 13.2 Å². The van der Waals surface area contributed by atoms with Crippen LogP contribution in [0.4, 0.5) is 8.78 Å². The molecule has 2 aromatic carbocycles. The molecular formula is C24H22F2N6O. The van der Waals surface area contributed by atoms with Crippen molar-refractivity contribution in [1.82, 2.24) is 19.7 Å². The number of aliphatic hydroxyl groups excluding tert-OH is 1. The zero-order valence-corrected chi connectivity index (χ0v) is 17.9. The summed E-state index contributed by atoms with van der Waals surface area (Å²) in [6, 6.07) is 12.9. The first-order chi connectivity index (χ1) is 16.0. The van der Waals surface area contributed by atoms with Crippen molar-refractivity contribution >= 4 is 22.7 Å². The molecule has 33 heavy (non-hydrogen) atoms. The summed E-state index contributed by atoms with van der Waals surface area (Å²) < 4.78 is 27.4. The lowest BCUT2D eigenvalue weighted by Crippen LogP contribution is -2.06. The fraction of sp³-hybridized carbons (Fsp3) is 0.167. The molecule has 4 aromatic rings. The number of rotatable bonds is 7. The molecular weight excluding hydrogens is 426 g/mol. The normalized spacial score (nSPS) is 12.3. The number of allylic oxidation sites excluding steroid dienone is 1. The van der Waals surface area contributed by atoms with E-state index in [1.54, 1.807) is 31.6 Å². The molecule has 4 rings (SSSR count). The minimum Gasteiger partial charge on any atom is -0.404 e. The van der Waals surface area contributed by atoms with Gasteiger partial charge in [-0.15, -0.1) is 0 Å². The third-order valence-electron chi connectivity index (χ3n) is 5.18. The summed E-state index contributed by atoms with van der Waals surface area (Å²) in [7, 11) is 1.63. The van der Waals surface area contributed by atoms with Gasteiger partial charge in [0.2, 0.25) is 0 Å². The van der Waals surface area contributed by atoms with E-state index in [4.69, 9.17) is 5.73 Å². The Morgan fingerprint density at radius 1 is 1.18 bits per heavy atom. The molecule has 0 aliphatic heterocycles. The van der Waals surface area contributed by atoms with Gasteiger partial charge >= 0.3 is 0 Å². The highest BCUT2D eigenvalue weighted by Gasteiger charge is 2.20. The summed E-state index contributed by atoms with van der Waals surface area (Å²) in [5.74, 6) is 0. The van der Waals surface area contributed by atoms with Crippen molar-refractivity contribution in [1.29, 1.82) is 0 Å². The fourth-order valence-corrected chi connectivity index (χ4v) is 3.74. The molecule has 0 saturated carbocycles. The molecule has 0 aliphatic carbocycles. The quantitative estimate of drug-likeness (QED) is 0.417. The minimum atomic E-state index is -2.55. The van der Waals surface area contributed by atoms with Crippen LogP contribution < -0.4 is 5.73 Å². The Balaban J connectivity index is 1.96. The predicted octanol–water partition coefficient (Wildman–Crippen LogP) is 3.92. The second-order valence-electron chi connectivity index (χ2n) is 7.29. The third kappa shape index (κ3) is 4.49. The van der Waals surface area contributed by atoms with E-state index in [0.29, 0.717) is 44.6 Å². The SMILES string of the molecule is CN=C/C(=C\N)c1cc2ncnc(-c3cn(CC(F)F)nc3-c3ccccc3)c2cc1CO. The van der Waals surface area contributed by atoms with Crippen LogP contribution in [0.2, 0.25) is 0 Å². The molecule has 2 aromatic heterocycles. The van der Waals surface area contributed by atoms with Gasteiger partial charge in [-0.25, -0.2) is 18.7 Å². The molecule has 0 unspecified atom stereocenters. The lowest BCUT2D eigenvalue weighted by Gasteiger charge is -2.12. The number of aliphatic imine (C=N–C) groups is 1. The maximum atomic E-state index is 13.1. The molecule has 0 saturated heterocycles. The van der Waals surface area contributed by atoms with E-state index in [0.717, 1.165) is 5.56 Å². The number of nitrogens with two attached hydrogens (primary N) is 1. The number of alkyl halides is 2. The van der Waals surface area contributed by atoms with Crippen molar-refractivity contribution in [2.45, 2.75) is 19.6 Å². The first-order valence-corrected chi connectivity index (χ1v) is 10.2. The summed E-state index contributed by atoms with van der Waals surface area (Å²) in [6.45, 7) is -0.777. The summed E-state index contributed by atoms with van der Waals surface area (Å²) in [5, 5.41) is 15.1. The molecule has 2 heterocycles. The van der Waals surface area contributed by atoms with Crippen molar-refractivity contribution in [3.63, 3.8) is 0 Å². The topological polar surface area (TPSA) is 102 Å². The van der Waals surface area contributed by atoms with Gasteiger partial charge in [0, 0.05) is 47.7 Å². The van der Waals surface area contributed by atoms with Gasteiger partial charge in [-0.1, -0.05) is 30.3 Å². The molecule has 7 nitrogen and oxygen atoms in total. The summed E-state index contributed by atoms with van der Waals surface area (Å²) in [4.78, 5) is 12.9. The molecule has 0 atom stereocenters. The highest BCUT2D eigenvalue weighted by atomic mass is 19.3. The van der Waals surface area contributed by atoms with Crippen molar-refractivity contribution in [2.24, 2.45) is 10.7 Å². The van der Waals surface area contributed by atoms with Gasteiger partial charge in [0.15, 0.2) is 0 Å². The van der Waals surface area contributed by atoms with Gasteiger partial charge in [0.05, 0.1) is 17.8 Å². The number of fused-ring (bicyclic) bond motifs is 1. The Labute approximate surface area is 188 Å². The molecule has 0 radical (unpaired) electrons. The predicted molar refractivity (Wildman–Crippen MR) is 125 cm³/mol. The minimum absolute atomic E-state index is 0.245. The smallest absolute Gasteiger partial charge is 0.257 e. The van der Waals surface area contributed by atoms with Crippen LogP contribution >= 0.6 is 0 Å². The number of hydrogen-bond donors (Lipinski definition) is 2. The highest BCUT2D eigenvalue weighted by molar-refractivity contribution is 6.11. The van der Waals surface area contributed by atoms with Crippen molar-refractivity contribution in [3.8, 4) is 22.5 Å². The van der Waals surface area contributed by atoms with Crippen LogP contribution in [0.15, 0.2) is 66.2 Å². The molecule has 0 aliphatic rings. The molecule has 0 spiro atoms. The van der Waals surface area contributed by atoms with Crippen LogP contribution in [0.5, 0.6) is 0 Å². The van der Waals surface area contributed by atoms with E-state index in [1.807, 2.05) is 30.3 Å². The van der Waals surface area contributed by atoms with E-state index in [1.165, 1.54) is 17.2 Å². The van der Waals surface area contributed by atoms with Crippen molar-refractivity contribution < 1.29 is 13.9 Å². The molecule has 0 bridgehead atoms. The fourth-order valence-electron chi connectivity index (χ4n) is 3.74. The molecule has 3 N–H and O–H groups in total. The van der Waals surface area contributed by atoms with Crippen LogP contribution in [0.25, 0.3) is 39.0 Å². The number of nitrogens with zero attached hydrogens (tertiary/aromatic N) is 5. The van der Waals surface area contributed by atoms with Gasteiger partial charge in [-0.2, -0.15) is 5.10 Å². The Morgan fingerprint density at radius 3 is 2.64 bits per heavy atom. The zero-order chi connectivity index (χ0) is 23.4. The number of halogens is 2. The van der Waals surface area contributed by atoms with Crippen LogP contribution in [0, 0.1) is 0 Å². The monoisotopic (exact) mass is 448 g/mol. The second-order valence-corrected chi connectivity index (χ2v) is 7.29. The Hall–Kier alpha value is -3.98. The van der Waals surface area contributed by atoms with E-state index >= 15 is 0 Å². The zero-order valence-electron chi connectivity index (χ0n) is 17.9. The number of hydrogen-bond acceptors (Lipinski definition) is 6. The van der Waals surface area contributed by atoms with E-state index in [9.17, 15) is 13.9 Å². The maximum absolute atomic E-state index is 13.1. The molecule has 168 valence electrons. The standard InChI is InChI=1S/C24H22F2N6O/c1-28-10-17(9-27)18-8-21-19(7-16(18)13-33)24(30-14-29-21)20-11-32(12-22(25)26)31-23(20)15-5-3-2-4-6-15/h2-11,14,22,33H,12-13,27H2,1H3/b17-9+,28-10?. The number of aliphatic hydroxyl groups is 1. The summed E-state index contributed by atoms with van der Waals surface area (Å²) >= 11 is 0. The van der Waals surface area contributed by atoms with Crippen molar-refractivity contribution in [2.75, 3.05) is 7.05 Å². The lowest BCUT2D eigenvalue weighted by molar-refractivity contribution is 0.122. The van der Waals surface area contributed by atoms with E-state index in [2.05, 4.69) is 20.1 Å². The lowest BCUT2D eigenvalue weighted by atomic mass is 9.96. The Bertz CT molecular complexity index is 1330. The summed E-state index contributed by atoms with van der Waals surface area (Å²) in [6.07, 6.45) is 3.45. The highest BCUT2D eigenvalue weighted by Crippen LogP contribution is 2.35. The average Bonchev–Trinajstić information content (AvgIpc) is 3.24. The molecule has 0 fully saturated rings. The molecule has 0 amide bonds. The van der Waals surface area contributed by atoms with Gasteiger partial charge < -0.3 is 10.8 Å². The van der Waals surface area contributed by atoms with Crippen LogP contribution in [-0.4, -0.2) is 44.5 Å². The average molecular weight is 448 g/mol. The van der Waals surface area contributed by atoms with Gasteiger partial charge in [0.25, 0.3) is 6.43 Å². The largest absolute Gasteiger partial charge is 0.404 e. The van der Waals surface area contributed by atoms with Gasteiger partial charge in [0.1, 0.15) is 18.6 Å². The van der Waals surface area contributed by atoms with Crippen molar-refractivity contribution in [3.05, 3.63) is 72.3 Å². The summed E-state index contributed by atoms with van der Waals surface area (Å²) in [5.41, 5.74) is 10.7. The third-order valence-corrected chi connectivity index (χ3v) is 5.18. The first kappa shape index (κ1) is 22.2. The number of aromatic nitrogens is 4. The van der Waals surface area contributed by atoms with Gasteiger partial charge in [-0.05, 0) is 23.3 Å². The number of benzene rings is 2. The maximum Gasteiger partial charge on any atom is 0.257 e. The van der Waals surface area contributed by atoms with Gasteiger partial charge in [-0.3, -0.25) is 9.67 Å². The van der Waals surface area contributed by atoms with E-state index in [-0.39, 0.29) is 6.61 Å². The first-order valence-electron chi connectivity index (χ1n) is 10.2. The van der Waals surface area contributed by atoms with E-state index < -0.39 is 13.0 Å². The Kier molecular flexibility index (Phi) is 6.50. The second kappa shape index (κ2) is 9.66. The Morgan fingerprint density at radius 2 is 1.97 bits per heavy atom. The molecule has 9 heteroatoms. The van der Waals surface area contributed by atoms with Crippen LogP contribution in [0.3, 0.4) is 0 Å². The van der Waals surface area contributed by atoms with Crippen LogP contribution in [0.1, 0.15) is 11.1 Å².